The van der Waals surface area contributed by atoms with Gasteiger partial charge in [-0.3, -0.25) is 0 Å². The van der Waals surface area contributed by atoms with Crippen LogP contribution in [0.15, 0.2) is 564 Å². The van der Waals surface area contributed by atoms with Gasteiger partial charge in [-0.15, -0.1) is 0 Å². The fourth-order valence-corrected chi connectivity index (χ4v) is 23.7. The molecule has 1 fully saturated rings. The van der Waals surface area contributed by atoms with Crippen LogP contribution >= 0.6 is 0 Å². The van der Waals surface area contributed by atoms with Gasteiger partial charge in [0, 0.05) is 61.5 Å². The van der Waals surface area contributed by atoms with E-state index in [0.29, 0.717) is 0 Å². The van der Waals surface area contributed by atoms with Crippen molar-refractivity contribution >= 4 is 51.2 Å². The molecule has 0 unspecified atom stereocenters. The molecule has 3 nitrogen and oxygen atoms in total. The van der Waals surface area contributed by atoms with Crippen molar-refractivity contribution in [2.45, 2.75) is 62.2 Å². The standard InChI is InChI=1S/C61H43N.C42H35N.C39H31N/c1-5-18-44(19-6-1)48-34-38-54(39-35-48)62(55-40-36-49(37-41-55)45-20-7-2-8-21-45)59-33-17-32-58-60(59)56-30-13-14-31-57(56)61(58,52-28-15-26-50(42-52)46-22-9-3-10-23-46)53-29-16-27-51(43-53)47-24-11-4-12-25-47;1-4-15-31(16-5-1)32-25-27-34(28-26-32)43(39-23-11-9-19-35(39)33-17-6-2-7-18-33)40-24-14-22-38-41(40)36-20-8-10-21-37(36)42(38)29-12-3-13-30-42;1-39(2)35-17-10-9-16-34(35)38-36(39)18-11-19-37(38)40(32-24-20-30(21-25-32)28-12-5-3-6-13-28)33-26-22-31(23-27-33)29-14-7-4-8-15-29/h1-43H;1-2,4-11,14-28H,3,12-13,29-30H2;3-27H,1-2H3. The van der Waals surface area contributed by atoms with Crippen LogP contribution in [0.5, 0.6) is 0 Å². The second kappa shape index (κ2) is 39.4. The third-order valence-electron chi connectivity index (χ3n) is 30.5. The molecule has 0 amide bonds. The zero-order chi connectivity index (χ0) is 97.0. The van der Waals surface area contributed by atoms with Crippen LogP contribution in [0.4, 0.5) is 51.2 Å². The Kier molecular flexibility index (Phi) is 24.4. The van der Waals surface area contributed by atoms with Crippen LogP contribution in [0.25, 0.3) is 122 Å². The minimum Gasteiger partial charge on any atom is -0.310 e. The van der Waals surface area contributed by atoms with Gasteiger partial charge in [-0.25, -0.2) is 0 Å². The number of para-hydroxylation sites is 1. The maximum absolute atomic E-state index is 2.51. The van der Waals surface area contributed by atoms with Crippen molar-refractivity contribution in [3.8, 4) is 122 Å². The zero-order valence-corrected chi connectivity index (χ0v) is 81.6. The summed E-state index contributed by atoms with van der Waals surface area (Å²) in [6.07, 6.45) is 6.38. The number of benzene rings is 22. The predicted molar refractivity (Wildman–Crippen MR) is 611 cm³/mol. The van der Waals surface area contributed by atoms with Crippen LogP contribution in [0.2, 0.25) is 0 Å². The van der Waals surface area contributed by atoms with Crippen LogP contribution < -0.4 is 14.7 Å². The Hall–Kier alpha value is -17.8. The molecule has 0 heterocycles. The largest absolute Gasteiger partial charge is 0.310 e. The van der Waals surface area contributed by atoms with Crippen LogP contribution in [0.3, 0.4) is 0 Å². The van der Waals surface area contributed by atoms with E-state index in [1.165, 1.54) is 222 Å². The van der Waals surface area contributed by atoms with Crippen LogP contribution in [0.1, 0.15) is 90.5 Å². The highest BCUT2D eigenvalue weighted by Crippen LogP contribution is 2.63. The van der Waals surface area contributed by atoms with Gasteiger partial charge in [-0.1, -0.05) is 500 Å². The van der Waals surface area contributed by atoms with Gasteiger partial charge < -0.3 is 14.7 Å². The first-order valence-electron chi connectivity index (χ1n) is 51.0. The lowest BCUT2D eigenvalue weighted by Crippen LogP contribution is -2.28. The molecule has 0 aliphatic heterocycles. The number of hydrogen-bond donors (Lipinski definition) is 0. The van der Waals surface area contributed by atoms with Crippen molar-refractivity contribution in [2.75, 3.05) is 14.7 Å². The molecule has 0 N–H and O–H groups in total. The van der Waals surface area contributed by atoms with Gasteiger partial charge in [0.05, 0.1) is 28.2 Å². The molecule has 4 aliphatic carbocycles. The first kappa shape index (κ1) is 89.8. The van der Waals surface area contributed by atoms with Crippen LogP contribution in [-0.4, -0.2) is 0 Å². The summed E-state index contributed by atoms with van der Waals surface area (Å²) in [5.74, 6) is 0. The van der Waals surface area contributed by atoms with Gasteiger partial charge in [0.25, 0.3) is 0 Å². The van der Waals surface area contributed by atoms with Gasteiger partial charge in [0.2, 0.25) is 0 Å². The van der Waals surface area contributed by atoms with Gasteiger partial charge in [0.15, 0.2) is 0 Å². The minimum atomic E-state index is -0.627. The predicted octanol–water partition coefficient (Wildman–Crippen LogP) is 38.7. The number of hydrogen-bond acceptors (Lipinski definition) is 3. The van der Waals surface area contributed by atoms with Crippen LogP contribution in [0, 0.1) is 0 Å². The first-order chi connectivity index (χ1) is 71.7. The van der Waals surface area contributed by atoms with E-state index in [1.54, 1.807) is 0 Å². The van der Waals surface area contributed by atoms with Crippen molar-refractivity contribution in [3.05, 3.63) is 609 Å². The quantitative estimate of drug-likeness (QED) is 0.0799. The summed E-state index contributed by atoms with van der Waals surface area (Å²) in [6, 6.07) is 206. The summed E-state index contributed by atoms with van der Waals surface area (Å²) in [5.41, 5.74) is 47.9. The smallest absolute Gasteiger partial charge is 0.0714 e. The molecule has 0 saturated heterocycles. The fraction of sp³-hybridized carbons (Fsp3) is 0.0704. The van der Waals surface area contributed by atoms with E-state index in [0.717, 1.165) is 28.4 Å². The fourth-order valence-electron chi connectivity index (χ4n) is 23.7. The highest BCUT2D eigenvalue weighted by atomic mass is 15.2. The molecule has 692 valence electrons. The molecule has 0 radical (unpaired) electrons. The second-order valence-electron chi connectivity index (χ2n) is 39.1. The normalized spacial score (nSPS) is 13.2. The average molecular weight is 1860 g/mol. The molecule has 3 heteroatoms. The van der Waals surface area contributed by atoms with Crippen molar-refractivity contribution in [2.24, 2.45) is 0 Å². The highest BCUT2D eigenvalue weighted by molar-refractivity contribution is 6.02. The summed E-state index contributed by atoms with van der Waals surface area (Å²) in [6.45, 7) is 4.68. The van der Waals surface area contributed by atoms with Crippen molar-refractivity contribution in [1.29, 1.82) is 0 Å². The summed E-state index contributed by atoms with van der Waals surface area (Å²) in [5, 5.41) is 0. The molecule has 4 aliphatic rings. The monoisotopic (exact) mass is 1860 g/mol. The Labute approximate surface area is 853 Å². The maximum atomic E-state index is 2.51. The molecule has 22 aromatic rings. The molecule has 1 spiro atoms. The Morgan fingerprint density at radius 3 is 0.786 bits per heavy atom. The Balaban J connectivity index is 0.000000121. The number of fused-ring (bicyclic) bond motifs is 11. The number of nitrogens with zero attached hydrogens (tertiary/aromatic N) is 3. The average Bonchev–Trinajstić information content (AvgIpc) is 1.50. The van der Waals surface area contributed by atoms with E-state index in [-0.39, 0.29) is 10.8 Å². The molecular formula is C142H109N3. The van der Waals surface area contributed by atoms with E-state index >= 15 is 0 Å². The minimum absolute atomic E-state index is 0.0536. The summed E-state index contributed by atoms with van der Waals surface area (Å²) >= 11 is 0. The highest BCUT2D eigenvalue weighted by Gasteiger charge is 2.49. The lowest BCUT2D eigenvalue weighted by molar-refractivity contribution is 0.353. The van der Waals surface area contributed by atoms with Crippen molar-refractivity contribution in [3.63, 3.8) is 0 Å². The second-order valence-corrected chi connectivity index (χ2v) is 39.1. The summed E-state index contributed by atoms with van der Waals surface area (Å²) in [7, 11) is 0. The lowest BCUT2D eigenvalue weighted by Gasteiger charge is -2.36. The van der Waals surface area contributed by atoms with Gasteiger partial charge in [-0.2, -0.15) is 0 Å². The maximum Gasteiger partial charge on any atom is 0.0714 e. The summed E-state index contributed by atoms with van der Waals surface area (Å²) in [4.78, 5) is 7.38. The summed E-state index contributed by atoms with van der Waals surface area (Å²) < 4.78 is 0. The van der Waals surface area contributed by atoms with Gasteiger partial charge in [-0.05, 0) is 255 Å². The first-order valence-corrected chi connectivity index (χ1v) is 51.0. The SMILES string of the molecule is CC1(C)c2ccccc2-c2c(N(c3ccc(-c4ccccc4)cc3)c3ccc(-c4ccccc4)cc3)cccc21.c1ccc(-c2ccc(N(c3ccc(-c4ccccc4)cc3)c3cccc4c3-c3ccccc3C4(c3cccc(-c4ccccc4)c3)c3cccc(-c4ccccc4)c3)cc2)cc1.c1ccc(-c2ccc(N(c3ccccc3-c3ccccc3)c3cccc4c3-c3ccccc3C43CCCCC3)cc2)cc1. The van der Waals surface area contributed by atoms with E-state index < -0.39 is 5.41 Å². The van der Waals surface area contributed by atoms with Gasteiger partial charge in [0.1, 0.15) is 0 Å². The molecule has 22 aromatic carbocycles. The van der Waals surface area contributed by atoms with Crippen molar-refractivity contribution in [1.82, 2.24) is 0 Å². The zero-order valence-electron chi connectivity index (χ0n) is 81.6. The van der Waals surface area contributed by atoms with Gasteiger partial charge >= 0.3 is 0 Å². The Morgan fingerprint density at radius 2 is 0.400 bits per heavy atom. The van der Waals surface area contributed by atoms with E-state index in [1.807, 2.05) is 0 Å². The van der Waals surface area contributed by atoms with E-state index in [2.05, 4.69) is 593 Å². The third-order valence-corrected chi connectivity index (χ3v) is 30.5. The molecule has 1 saturated carbocycles. The molecule has 145 heavy (non-hydrogen) atoms. The Bertz CT molecular complexity index is 8080. The molecule has 0 atom stereocenters. The third kappa shape index (κ3) is 16.8. The molecular weight excluding hydrogens is 1750 g/mol. The van der Waals surface area contributed by atoms with Crippen LogP contribution in [-0.2, 0) is 16.2 Å². The molecule has 26 rings (SSSR count). The topological polar surface area (TPSA) is 9.72 Å². The Morgan fingerprint density at radius 1 is 0.159 bits per heavy atom. The molecule has 0 aromatic heterocycles. The molecule has 0 bridgehead atoms. The number of anilines is 9. The lowest BCUT2D eigenvalue weighted by atomic mass is 9.67. The van der Waals surface area contributed by atoms with E-state index in [4.69, 9.17) is 0 Å². The number of rotatable bonds is 19. The van der Waals surface area contributed by atoms with E-state index in [9.17, 15) is 0 Å². The van der Waals surface area contributed by atoms with Crippen molar-refractivity contribution < 1.29 is 0 Å².